The highest BCUT2D eigenvalue weighted by molar-refractivity contribution is 6.30. The number of hydrogen-bond acceptors (Lipinski definition) is 5. The van der Waals surface area contributed by atoms with Crippen LogP contribution in [0.1, 0.15) is 39.5 Å². The summed E-state index contributed by atoms with van der Waals surface area (Å²) < 4.78 is 49.4. The molecule has 1 aliphatic rings. The van der Waals surface area contributed by atoms with Crippen LogP contribution in [0.2, 0.25) is 5.02 Å². The summed E-state index contributed by atoms with van der Waals surface area (Å²) in [6, 6.07) is 17.8. The van der Waals surface area contributed by atoms with E-state index in [1.165, 1.54) is 17.0 Å². The highest BCUT2D eigenvalue weighted by atomic mass is 35.5. The normalized spacial score (nSPS) is 15.1. The zero-order valence-corrected chi connectivity index (χ0v) is 22.6. The molecule has 1 unspecified atom stereocenters. The van der Waals surface area contributed by atoms with Gasteiger partial charge in [-0.2, -0.15) is 18.3 Å². The molecule has 0 spiro atoms. The van der Waals surface area contributed by atoms with E-state index in [4.69, 9.17) is 21.1 Å². The summed E-state index contributed by atoms with van der Waals surface area (Å²) in [5.74, 6) is -0.423. The van der Waals surface area contributed by atoms with Crippen LogP contribution in [-0.4, -0.2) is 61.4 Å². The van der Waals surface area contributed by atoms with Gasteiger partial charge in [0.05, 0.1) is 31.0 Å². The highest BCUT2D eigenvalue weighted by Gasteiger charge is 2.35. The fourth-order valence-electron chi connectivity index (χ4n) is 4.34. The molecule has 0 N–H and O–H groups in total. The molecule has 1 heterocycles. The van der Waals surface area contributed by atoms with Crippen LogP contribution >= 0.6 is 11.6 Å². The third-order valence-electron chi connectivity index (χ3n) is 6.46. The Kier molecular flexibility index (Phi) is 9.11. The van der Waals surface area contributed by atoms with Crippen molar-refractivity contribution in [1.82, 2.24) is 9.91 Å². The van der Waals surface area contributed by atoms with E-state index in [-0.39, 0.29) is 25.3 Å². The third kappa shape index (κ3) is 6.81. The van der Waals surface area contributed by atoms with E-state index in [9.17, 15) is 22.8 Å². The summed E-state index contributed by atoms with van der Waals surface area (Å²) in [4.78, 5) is 28.2. The molecule has 11 heteroatoms. The van der Waals surface area contributed by atoms with Crippen molar-refractivity contribution in [3.8, 4) is 5.75 Å². The summed E-state index contributed by atoms with van der Waals surface area (Å²) >= 11 is 6.08. The molecule has 0 radical (unpaired) electrons. The van der Waals surface area contributed by atoms with Crippen LogP contribution in [-0.2, 0) is 15.7 Å². The largest absolute Gasteiger partial charge is 0.497 e. The number of halogens is 4. The van der Waals surface area contributed by atoms with Gasteiger partial charge in [0.1, 0.15) is 12.3 Å². The maximum absolute atomic E-state index is 13.7. The van der Waals surface area contributed by atoms with Gasteiger partial charge in [0.25, 0.3) is 11.8 Å². The summed E-state index contributed by atoms with van der Waals surface area (Å²) in [6.45, 7) is -0.186. The number of nitrogens with zero attached hydrogens (tertiary/aromatic N) is 3. The van der Waals surface area contributed by atoms with Crippen LogP contribution in [0.15, 0.2) is 77.9 Å². The Morgan fingerprint density at radius 1 is 1.05 bits per heavy atom. The monoisotopic (exact) mass is 573 g/mol. The Bertz CT molecular complexity index is 1380. The molecule has 0 aromatic heterocycles. The van der Waals surface area contributed by atoms with Crippen LogP contribution in [0.25, 0.3) is 0 Å². The lowest BCUT2D eigenvalue weighted by atomic mass is 9.98. The maximum atomic E-state index is 13.7. The lowest BCUT2D eigenvalue weighted by Gasteiger charge is -2.27. The van der Waals surface area contributed by atoms with E-state index in [2.05, 4.69) is 5.10 Å². The summed E-state index contributed by atoms with van der Waals surface area (Å²) in [6.07, 6.45) is -4.12. The van der Waals surface area contributed by atoms with Gasteiger partial charge in [0.15, 0.2) is 0 Å². The molecule has 1 aliphatic heterocycles. The fourth-order valence-corrected chi connectivity index (χ4v) is 4.46. The van der Waals surface area contributed by atoms with Gasteiger partial charge in [-0.3, -0.25) is 9.59 Å². The van der Waals surface area contributed by atoms with Gasteiger partial charge in [0.2, 0.25) is 0 Å². The molecule has 40 heavy (non-hydrogen) atoms. The number of alkyl halides is 3. The molecule has 7 nitrogen and oxygen atoms in total. The minimum Gasteiger partial charge on any atom is -0.497 e. The number of amides is 2. The standard InChI is InChI=1S/C29H27ClF3N3O4/c1-39-15-14-35(28(38)20-6-10-22(11-7-20)29(31,32)33)18-27(37)36-26(19-8-12-23(30)13-9-19)17-25(34-36)21-4-3-5-24(16-21)40-2/h3-13,16,26H,14-15,17-18H2,1-2H3. The van der Waals surface area contributed by atoms with Crippen molar-refractivity contribution in [2.45, 2.75) is 18.6 Å². The molecule has 0 saturated carbocycles. The molecule has 3 aromatic carbocycles. The van der Waals surface area contributed by atoms with Gasteiger partial charge in [-0.15, -0.1) is 0 Å². The Labute approximate surface area is 234 Å². The van der Waals surface area contributed by atoms with E-state index in [1.54, 1.807) is 25.3 Å². The topological polar surface area (TPSA) is 71.4 Å². The van der Waals surface area contributed by atoms with Crippen molar-refractivity contribution < 1.29 is 32.2 Å². The number of hydrazone groups is 1. The van der Waals surface area contributed by atoms with Crippen LogP contribution in [0.4, 0.5) is 13.2 Å². The second-order valence-corrected chi connectivity index (χ2v) is 9.52. The maximum Gasteiger partial charge on any atom is 0.416 e. The smallest absolute Gasteiger partial charge is 0.416 e. The summed E-state index contributed by atoms with van der Waals surface area (Å²) in [5.41, 5.74) is 1.39. The van der Waals surface area contributed by atoms with Crippen LogP contribution in [0.5, 0.6) is 5.75 Å². The number of benzene rings is 3. The van der Waals surface area contributed by atoms with Crippen molar-refractivity contribution in [1.29, 1.82) is 0 Å². The first-order valence-electron chi connectivity index (χ1n) is 12.4. The highest BCUT2D eigenvalue weighted by Crippen LogP contribution is 2.34. The van der Waals surface area contributed by atoms with Crippen LogP contribution in [0.3, 0.4) is 0 Å². The second kappa shape index (κ2) is 12.5. The molecule has 3 aromatic rings. The predicted octanol–water partition coefficient (Wildman–Crippen LogP) is 5.83. The molecule has 1 atom stereocenters. The minimum absolute atomic E-state index is 0.0214. The lowest BCUT2D eigenvalue weighted by Crippen LogP contribution is -2.42. The predicted molar refractivity (Wildman–Crippen MR) is 144 cm³/mol. The first-order valence-corrected chi connectivity index (χ1v) is 12.7. The average molecular weight is 574 g/mol. The number of methoxy groups -OCH3 is 2. The van der Waals surface area contributed by atoms with E-state index in [0.29, 0.717) is 22.9 Å². The van der Waals surface area contributed by atoms with Gasteiger partial charge in [-0.05, 0) is 54.1 Å². The van der Waals surface area contributed by atoms with Crippen LogP contribution < -0.4 is 4.74 Å². The van der Waals surface area contributed by atoms with Crippen molar-refractivity contribution in [2.24, 2.45) is 5.10 Å². The number of ether oxygens (including phenoxy) is 2. The van der Waals surface area contributed by atoms with Crippen molar-refractivity contribution in [3.63, 3.8) is 0 Å². The number of rotatable bonds is 9. The minimum atomic E-state index is -4.53. The molecule has 2 amide bonds. The van der Waals surface area contributed by atoms with Crippen molar-refractivity contribution in [3.05, 3.63) is 100 Å². The van der Waals surface area contributed by atoms with Gasteiger partial charge in [0, 0.05) is 36.2 Å². The average Bonchev–Trinajstić information content (AvgIpc) is 3.40. The molecular formula is C29H27ClF3N3O4. The second-order valence-electron chi connectivity index (χ2n) is 9.08. The molecule has 0 fully saturated rings. The quantitative estimate of drug-likeness (QED) is 0.323. The molecule has 210 valence electrons. The first-order chi connectivity index (χ1) is 19.1. The number of hydrogen-bond donors (Lipinski definition) is 0. The first kappa shape index (κ1) is 29.1. The van der Waals surface area contributed by atoms with Gasteiger partial charge in [-0.1, -0.05) is 35.9 Å². The van der Waals surface area contributed by atoms with Crippen LogP contribution in [0, 0.1) is 0 Å². The zero-order chi connectivity index (χ0) is 28.9. The Balaban J connectivity index is 1.62. The molecule has 0 saturated heterocycles. The van der Waals surface area contributed by atoms with E-state index in [1.807, 2.05) is 30.3 Å². The lowest BCUT2D eigenvalue weighted by molar-refractivity contribution is -0.137. The zero-order valence-electron chi connectivity index (χ0n) is 21.8. The number of carbonyl (C=O) groups is 2. The molecule has 4 rings (SSSR count). The van der Waals surface area contributed by atoms with E-state index in [0.717, 1.165) is 35.4 Å². The van der Waals surface area contributed by atoms with Crippen molar-refractivity contribution >= 4 is 29.1 Å². The van der Waals surface area contributed by atoms with E-state index < -0.39 is 29.6 Å². The summed E-state index contributed by atoms with van der Waals surface area (Å²) in [5, 5.41) is 6.52. The van der Waals surface area contributed by atoms with Gasteiger partial charge in [-0.25, -0.2) is 5.01 Å². The Morgan fingerprint density at radius 3 is 2.38 bits per heavy atom. The Hall–Kier alpha value is -3.89. The number of carbonyl (C=O) groups excluding carboxylic acids is 2. The molecular weight excluding hydrogens is 547 g/mol. The fraction of sp³-hybridized carbons (Fsp3) is 0.276. The SMILES string of the molecule is COCCN(CC(=O)N1N=C(c2cccc(OC)c2)CC1c1ccc(Cl)cc1)C(=O)c1ccc(C(F)(F)F)cc1. The summed E-state index contributed by atoms with van der Waals surface area (Å²) in [7, 11) is 3.01. The Morgan fingerprint density at radius 2 is 1.75 bits per heavy atom. The van der Waals surface area contributed by atoms with Crippen molar-refractivity contribution in [2.75, 3.05) is 33.9 Å². The third-order valence-corrected chi connectivity index (χ3v) is 6.71. The molecule has 0 aliphatic carbocycles. The van der Waals surface area contributed by atoms with E-state index >= 15 is 0 Å². The van der Waals surface area contributed by atoms with Gasteiger partial charge < -0.3 is 14.4 Å². The molecule has 0 bridgehead atoms. The van der Waals surface area contributed by atoms with Gasteiger partial charge >= 0.3 is 6.18 Å².